The second-order valence-electron chi connectivity index (χ2n) is 6.89. The molecule has 28 heavy (non-hydrogen) atoms. The first-order chi connectivity index (χ1) is 13.4. The van der Waals surface area contributed by atoms with E-state index in [0.29, 0.717) is 25.9 Å². The Kier molecular flexibility index (Phi) is 8.71. The van der Waals surface area contributed by atoms with Gasteiger partial charge < -0.3 is 10.2 Å². The van der Waals surface area contributed by atoms with Crippen molar-refractivity contribution in [2.75, 3.05) is 6.54 Å². The molecule has 2 aromatic carbocycles. The number of aryl methyl sites for hydroxylation is 2. The van der Waals surface area contributed by atoms with Gasteiger partial charge in [0.05, 0.1) is 0 Å². The van der Waals surface area contributed by atoms with Crippen molar-refractivity contribution in [1.82, 2.24) is 10.2 Å². The summed E-state index contributed by atoms with van der Waals surface area (Å²) in [5.74, 6) is -0.137. The van der Waals surface area contributed by atoms with Crippen LogP contribution in [0.25, 0.3) is 0 Å². The van der Waals surface area contributed by atoms with Crippen molar-refractivity contribution in [2.45, 2.75) is 52.6 Å². The van der Waals surface area contributed by atoms with E-state index < -0.39 is 6.04 Å². The van der Waals surface area contributed by atoms with Crippen molar-refractivity contribution in [3.05, 3.63) is 69.7 Å². The standard InChI is InChI=1S/C23H29BrN2O2/c1-4-18-6-8-19(9-7-18)12-15-22(27)26(17(3)23(28)25-5-2)16-20-10-13-21(24)14-11-20/h6-11,13-14,17H,4-5,12,15-16H2,1-3H3,(H,25,28)/t17-/m0/s1. The third kappa shape index (κ3) is 6.48. The summed E-state index contributed by atoms with van der Waals surface area (Å²) in [5.41, 5.74) is 3.43. The summed E-state index contributed by atoms with van der Waals surface area (Å²) < 4.78 is 0.987. The van der Waals surface area contributed by atoms with E-state index in [1.54, 1.807) is 11.8 Å². The Morgan fingerprint density at radius 2 is 1.54 bits per heavy atom. The smallest absolute Gasteiger partial charge is 0.242 e. The molecule has 2 aromatic rings. The van der Waals surface area contributed by atoms with Crippen LogP contribution in [0.2, 0.25) is 0 Å². The molecule has 4 nitrogen and oxygen atoms in total. The minimum atomic E-state index is -0.515. The molecule has 0 aliphatic rings. The second kappa shape index (κ2) is 11.0. The maximum Gasteiger partial charge on any atom is 0.242 e. The fraction of sp³-hybridized carbons (Fsp3) is 0.391. The molecule has 0 aliphatic carbocycles. The Labute approximate surface area is 176 Å². The Morgan fingerprint density at radius 1 is 0.964 bits per heavy atom. The third-order valence-electron chi connectivity index (χ3n) is 4.84. The lowest BCUT2D eigenvalue weighted by molar-refractivity contribution is -0.140. The number of halogens is 1. The number of hydrogen-bond donors (Lipinski definition) is 1. The highest BCUT2D eigenvalue weighted by atomic mass is 79.9. The molecular weight excluding hydrogens is 416 g/mol. The summed E-state index contributed by atoms with van der Waals surface area (Å²) in [4.78, 5) is 27.0. The monoisotopic (exact) mass is 444 g/mol. The Hall–Kier alpha value is -2.14. The highest BCUT2D eigenvalue weighted by Crippen LogP contribution is 2.16. The fourth-order valence-corrected chi connectivity index (χ4v) is 3.29. The van der Waals surface area contributed by atoms with Crippen LogP contribution in [-0.4, -0.2) is 29.3 Å². The van der Waals surface area contributed by atoms with Gasteiger partial charge in [-0.2, -0.15) is 0 Å². The number of nitrogens with zero attached hydrogens (tertiary/aromatic N) is 1. The van der Waals surface area contributed by atoms with Crippen LogP contribution in [0.1, 0.15) is 43.9 Å². The molecule has 2 rings (SSSR count). The largest absolute Gasteiger partial charge is 0.355 e. The zero-order chi connectivity index (χ0) is 20.5. The van der Waals surface area contributed by atoms with E-state index in [9.17, 15) is 9.59 Å². The van der Waals surface area contributed by atoms with E-state index in [4.69, 9.17) is 0 Å². The zero-order valence-corrected chi connectivity index (χ0v) is 18.5. The molecular formula is C23H29BrN2O2. The van der Waals surface area contributed by atoms with E-state index in [1.807, 2.05) is 31.2 Å². The maximum atomic E-state index is 13.0. The van der Waals surface area contributed by atoms with E-state index in [-0.39, 0.29) is 11.8 Å². The molecule has 0 fully saturated rings. The zero-order valence-electron chi connectivity index (χ0n) is 16.9. The molecule has 0 unspecified atom stereocenters. The van der Waals surface area contributed by atoms with Crippen molar-refractivity contribution in [1.29, 1.82) is 0 Å². The average molecular weight is 445 g/mol. The average Bonchev–Trinajstić information content (AvgIpc) is 2.71. The van der Waals surface area contributed by atoms with Gasteiger partial charge in [-0.15, -0.1) is 0 Å². The fourth-order valence-electron chi connectivity index (χ4n) is 3.03. The van der Waals surface area contributed by atoms with Crippen LogP contribution in [-0.2, 0) is 29.0 Å². The number of hydrogen-bond acceptors (Lipinski definition) is 2. The van der Waals surface area contributed by atoms with Gasteiger partial charge in [0.1, 0.15) is 6.04 Å². The van der Waals surface area contributed by atoms with Crippen LogP contribution < -0.4 is 5.32 Å². The Bertz CT molecular complexity index is 772. The third-order valence-corrected chi connectivity index (χ3v) is 5.37. The molecule has 5 heteroatoms. The van der Waals surface area contributed by atoms with Crippen LogP contribution in [0.5, 0.6) is 0 Å². The van der Waals surface area contributed by atoms with Gasteiger partial charge in [0.15, 0.2) is 0 Å². The van der Waals surface area contributed by atoms with Gasteiger partial charge in [-0.1, -0.05) is 59.3 Å². The molecule has 1 N–H and O–H groups in total. The van der Waals surface area contributed by atoms with Crippen molar-refractivity contribution < 1.29 is 9.59 Å². The number of likely N-dealkylation sites (N-methyl/N-ethyl adjacent to an activating group) is 1. The molecule has 2 amide bonds. The van der Waals surface area contributed by atoms with E-state index >= 15 is 0 Å². The van der Waals surface area contributed by atoms with Crippen LogP contribution in [0, 0.1) is 0 Å². The quantitative estimate of drug-likeness (QED) is 0.618. The first-order valence-corrected chi connectivity index (χ1v) is 10.6. The normalized spacial score (nSPS) is 11.7. The van der Waals surface area contributed by atoms with E-state index in [2.05, 4.69) is 52.4 Å². The predicted octanol–water partition coefficient (Wildman–Crippen LogP) is 4.50. The minimum Gasteiger partial charge on any atom is -0.355 e. The number of rotatable bonds is 9. The first kappa shape index (κ1) is 22.2. The molecule has 0 spiro atoms. The van der Waals surface area contributed by atoms with Crippen molar-refractivity contribution in [2.24, 2.45) is 0 Å². The second-order valence-corrected chi connectivity index (χ2v) is 7.80. The summed E-state index contributed by atoms with van der Waals surface area (Å²) >= 11 is 3.43. The Balaban J connectivity index is 2.10. The molecule has 1 atom stereocenters. The molecule has 0 saturated heterocycles. The van der Waals surface area contributed by atoms with Crippen molar-refractivity contribution >= 4 is 27.7 Å². The van der Waals surface area contributed by atoms with E-state index in [1.165, 1.54) is 5.56 Å². The summed E-state index contributed by atoms with van der Waals surface area (Å²) in [6, 6.07) is 15.7. The summed E-state index contributed by atoms with van der Waals surface area (Å²) in [7, 11) is 0. The lowest BCUT2D eigenvalue weighted by atomic mass is 10.0. The first-order valence-electron chi connectivity index (χ1n) is 9.84. The molecule has 0 heterocycles. The maximum absolute atomic E-state index is 13.0. The van der Waals surface area contributed by atoms with Crippen LogP contribution in [0.15, 0.2) is 53.0 Å². The van der Waals surface area contributed by atoms with Gasteiger partial charge >= 0.3 is 0 Å². The SMILES string of the molecule is CCNC(=O)[C@H](C)N(Cc1ccc(Br)cc1)C(=O)CCc1ccc(CC)cc1. The number of nitrogens with one attached hydrogen (secondary N) is 1. The summed E-state index contributed by atoms with van der Waals surface area (Å²) in [5, 5.41) is 2.82. The number of carbonyl (C=O) groups is 2. The van der Waals surface area contributed by atoms with Crippen molar-refractivity contribution in [3.8, 4) is 0 Å². The molecule has 0 saturated carbocycles. The highest BCUT2D eigenvalue weighted by molar-refractivity contribution is 9.10. The van der Waals surface area contributed by atoms with Crippen LogP contribution in [0.3, 0.4) is 0 Å². The van der Waals surface area contributed by atoms with Crippen LogP contribution in [0.4, 0.5) is 0 Å². The van der Waals surface area contributed by atoms with Crippen molar-refractivity contribution in [3.63, 3.8) is 0 Å². The molecule has 0 aliphatic heterocycles. The molecule has 0 aromatic heterocycles. The van der Waals surface area contributed by atoms with Gasteiger partial charge in [-0.3, -0.25) is 9.59 Å². The van der Waals surface area contributed by atoms with Gasteiger partial charge in [0.2, 0.25) is 11.8 Å². The van der Waals surface area contributed by atoms with Crippen LogP contribution >= 0.6 is 15.9 Å². The van der Waals surface area contributed by atoms with Gasteiger partial charge in [0.25, 0.3) is 0 Å². The van der Waals surface area contributed by atoms with E-state index in [0.717, 1.165) is 22.0 Å². The number of carbonyl (C=O) groups excluding carboxylic acids is 2. The molecule has 150 valence electrons. The molecule has 0 bridgehead atoms. The van der Waals surface area contributed by atoms with Gasteiger partial charge in [-0.05, 0) is 55.5 Å². The minimum absolute atomic E-state index is 0.0127. The predicted molar refractivity (Wildman–Crippen MR) is 117 cm³/mol. The topological polar surface area (TPSA) is 49.4 Å². The Morgan fingerprint density at radius 3 is 2.11 bits per heavy atom. The molecule has 0 radical (unpaired) electrons. The highest BCUT2D eigenvalue weighted by Gasteiger charge is 2.25. The van der Waals surface area contributed by atoms with Gasteiger partial charge in [0, 0.05) is 24.0 Å². The van der Waals surface area contributed by atoms with Gasteiger partial charge in [-0.25, -0.2) is 0 Å². The number of benzene rings is 2. The lowest BCUT2D eigenvalue weighted by Crippen LogP contribution is -2.47. The summed E-state index contributed by atoms with van der Waals surface area (Å²) in [6.07, 6.45) is 2.05. The number of amides is 2. The summed E-state index contributed by atoms with van der Waals surface area (Å²) in [6.45, 7) is 6.76. The lowest BCUT2D eigenvalue weighted by Gasteiger charge is -2.29.